The third-order valence-electron chi connectivity index (χ3n) is 5.88. The Morgan fingerprint density at radius 1 is 1.03 bits per heavy atom. The van der Waals surface area contributed by atoms with E-state index in [2.05, 4.69) is 38.4 Å². The Hall–Kier alpha value is -3.10. The van der Waals surface area contributed by atoms with E-state index in [1.807, 2.05) is 47.3 Å². The van der Waals surface area contributed by atoms with Crippen LogP contribution in [0.3, 0.4) is 0 Å². The number of thioether (sulfide) groups is 1. The number of fused-ring (bicyclic) bond motifs is 3. The van der Waals surface area contributed by atoms with E-state index in [4.69, 9.17) is 9.84 Å². The lowest BCUT2D eigenvalue weighted by molar-refractivity contribution is 0.223. The molecule has 0 bridgehead atoms. The third-order valence-corrected chi connectivity index (χ3v) is 6.91. The van der Waals surface area contributed by atoms with Crippen LogP contribution < -0.4 is 10.1 Å². The van der Waals surface area contributed by atoms with E-state index in [1.165, 1.54) is 23.9 Å². The third kappa shape index (κ3) is 3.45. The summed E-state index contributed by atoms with van der Waals surface area (Å²) in [6, 6.07) is 22.3. The highest BCUT2D eigenvalue weighted by molar-refractivity contribution is 9.10. The highest BCUT2D eigenvalue weighted by Crippen LogP contribution is 2.51. The minimum atomic E-state index is -0.370. The van der Waals surface area contributed by atoms with Gasteiger partial charge >= 0.3 is 0 Å². The van der Waals surface area contributed by atoms with Gasteiger partial charge in [0.25, 0.3) is 0 Å². The molecule has 6 rings (SSSR count). The number of hydrogen-bond donors (Lipinski definition) is 1. The smallest absolute Gasteiger partial charge is 0.227 e. The summed E-state index contributed by atoms with van der Waals surface area (Å²) in [5.74, 6) is 1.17. The maximum absolute atomic E-state index is 13.8. The van der Waals surface area contributed by atoms with Gasteiger partial charge in [-0.15, -0.1) is 5.10 Å². The van der Waals surface area contributed by atoms with Crippen LogP contribution in [0.5, 0.6) is 5.75 Å². The lowest BCUT2D eigenvalue weighted by Gasteiger charge is -2.39. The highest BCUT2D eigenvalue weighted by Gasteiger charge is 2.41. The van der Waals surface area contributed by atoms with E-state index in [9.17, 15) is 4.39 Å². The van der Waals surface area contributed by atoms with Gasteiger partial charge < -0.3 is 10.1 Å². The predicted octanol–water partition coefficient (Wildman–Crippen LogP) is 6.46. The first kappa shape index (κ1) is 20.5. The number of nitrogens with one attached hydrogen (secondary N) is 1. The van der Waals surface area contributed by atoms with Crippen LogP contribution in [0.4, 0.5) is 10.3 Å². The quantitative estimate of drug-likeness (QED) is 0.314. The Kier molecular flexibility index (Phi) is 4.99. The van der Waals surface area contributed by atoms with Crippen LogP contribution in [0.2, 0.25) is 0 Å². The van der Waals surface area contributed by atoms with Crippen LogP contribution in [0, 0.1) is 5.82 Å². The van der Waals surface area contributed by atoms with E-state index >= 15 is 0 Å². The van der Waals surface area contributed by atoms with Crippen LogP contribution in [0.1, 0.15) is 28.8 Å². The Bertz CT molecular complexity index is 1400. The van der Waals surface area contributed by atoms with Gasteiger partial charge in [-0.05, 0) is 53.8 Å². The van der Waals surface area contributed by atoms with Gasteiger partial charge in [-0.1, -0.05) is 64.1 Å². The number of anilines is 1. The summed E-state index contributed by atoms with van der Waals surface area (Å²) in [4.78, 5) is 4.69. The molecule has 4 aromatic rings. The molecule has 5 nitrogen and oxygen atoms in total. The first-order valence-corrected chi connectivity index (χ1v) is 12.4. The van der Waals surface area contributed by atoms with E-state index in [-0.39, 0.29) is 18.0 Å². The van der Waals surface area contributed by atoms with Crippen molar-refractivity contribution >= 4 is 39.3 Å². The number of benzene rings is 3. The van der Waals surface area contributed by atoms with Gasteiger partial charge in [-0.3, -0.25) is 0 Å². The second-order valence-corrected chi connectivity index (χ2v) is 9.51. The Balaban J connectivity index is 1.64. The normalized spacial score (nSPS) is 18.6. The number of nitrogens with zero attached hydrogens (tertiary/aromatic N) is 3. The largest absolute Gasteiger partial charge is 0.480 e. The standard InChI is InChI=1S/C25H18BrFN4OS/c1-33-25-29-24-28-21-18-7-2-3-8-19(18)32-23(15-5-4-6-16(26)13-15)20(21)22(31(24)30-25)14-9-11-17(27)12-10-14/h2-13,22-23H,1H3,(H,28,29,30). The molecule has 1 N–H and O–H groups in total. The van der Waals surface area contributed by atoms with Crippen molar-refractivity contribution in [3.63, 3.8) is 0 Å². The van der Waals surface area contributed by atoms with Crippen LogP contribution in [0.25, 0.3) is 5.70 Å². The molecule has 8 heteroatoms. The van der Waals surface area contributed by atoms with Gasteiger partial charge in [0.05, 0.1) is 5.70 Å². The summed E-state index contributed by atoms with van der Waals surface area (Å²) in [6.45, 7) is 0. The second kappa shape index (κ2) is 8.04. The number of aromatic nitrogens is 3. The van der Waals surface area contributed by atoms with Gasteiger partial charge in [0.1, 0.15) is 23.7 Å². The molecule has 3 aromatic carbocycles. The number of hydrogen-bond acceptors (Lipinski definition) is 5. The minimum absolute atomic E-state index is 0.278. The molecule has 2 aliphatic rings. The van der Waals surface area contributed by atoms with Crippen LogP contribution in [0.15, 0.2) is 88.0 Å². The maximum Gasteiger partial charge on any atom is 0.227 e. The van der Waals surface area contributed by atoms with Crippen molar-refractivity contribution < 1.29 is 9.13 Å². The molecule has 0 fully saturated rings. The molecule has 2 aliphatic heterocycles. The van der Waals surface area contributed by atoms with Crippen LogP contribution >= 0.6 is 27.7 Å². The van der Waals surface area contributed by atoms with Crippen molar-refractivity contribution in [2.24, 2.45) is 0 Å². The van der Waals surface area contributed by atoms with E-state index in [0.29, 0.717) is 11.1 Å². The van der Waals surface area contributed by atoms with Gasteiger partial charge in [0.15, 0.2) is 0 Å². The number of ether oxygens (including phenoxy) is 1. The number of halogens is 2. The van der Waals surface area contributed by atoms with Crippen molar-refractivity contribution in [2.75, 3.05) is 11.6 Å². The molecule has 2 unspecified atom stereocenters. The Morgan fingerprint density at radius 2 is 1.85 bits per heavy atom. The summed E-state index contributed by atoms with van der Waals surface area (Å²) < 4.78 is 23.3. The van der Waals surface area contributed by atoms with Crippen LogP contribution in [-0.2, 0) is 0 Å². The number of rotatable bonds is 3. The summed E-state index contributed by atoms with van der Waals surface area (Å²) >= 11 is 5.08. The molecule has 0 radical (unpaired) electrons. The predicted molar refractivity (Wildman–Crippen MR) is 131 cm³/mol. The average Bonchev–Trinajstić information content (AvgIpc) is 3.26. The molecule has 0 aliphatic carbocycles. The zero-order valence-corrected chi connectivity index (χ0v) is 19.9. The molecule has 33 heavy (non-hydrogen) atoms. The lowest BCUT2D eigenvalue weighted by Crippen LogP contribution is -2.32. The van der Waals surface area contributed by atoms with Crippen molar-refractivity contribution in [3.05, 3.63) is 105 Å². The molecule has 3 heterocycles. The topological polar surface area (TPSA) is 52.0 Å². The van der Waals surface area contributed by atoms with Crippen molar-refractivity contribution in [2.45, 2.75) is 17.3 Å². The molecule has 0 saturated heterocycles. The minimum Gasteiger partial charge on any atom is -0.480 e. The van der Waals surface area contributed by atoms with Crippen molar-refractivity contribution in [1.29, 1.82) is 0 Å². The number of para-hydroxylation sites is 1. The zero-order valence-electron chi connectivity index (χ0n) is 17.5. The second-order valence-electron chi connectivity index (χ2n) is 7.83. The van der Waals surface area contributed by atoms with E-state index in [0.717, 1.165) is 38.2 Å². The maximum atomic E-state index is 13.8. The molecule has 0 spiro atoms. The monoisotopic (exact) mass is 520 g/mol. The van der Waals surface area contributed by atoms with Gasteiger partial charge in [-0.2, -0.15) is 4.98 Å². The average molecular weight is 521 g/mol. The molecule has 2 atom stereocenters. The SMILES string of the molecule is CSc1nc2n(n1)C(c1ccc(F)cc1)C1=C(N2)c2ccccc2OC1c1cccc(Br)c1. The fraction of sp³-hybridized carbons (Fsp3) is 0.120. The van der Waals surface area contributed by atoms with Crippen molar-refractivity contribution in [1.82, 2.24) is 14.8 Å². The summed E-state index contributed by atoms with van der Waals surface area (Å²) in [6.07, 6.45) is 1.58. The van der Waals surface area contributed by atoms with Gasteiger partial charge in [0.2, 0.25) is 11.1 Å². The Labute approximate surface area is 202 Å². The van der Waals surface area contributed by atoms with Crippen molar-refractivity contribution in [3.8, 4) is 5.75 Å². The first-order valence-electron chi connectivity index (χ1n) is 10.4. The molecular weight excluding hydrogens is 503 g/mol. The fourth-order valence-electron chi connectivity index (χ4n) is 4.45. The van der Waals surface area contributed by atoms with E-state index in [1.54, 1.807) is 12.1 Å². The summed E-state index contributed by atoms with van der Waals surface area (Å²) in [5, 5.41) is 8.95. The lowest BCUT2D eigenvalue weighted by atomic mass is 9.84. The zero-order chi connectivity index (χ0) is 22.5. The highest BCUT2D eigenvalue weighted by atomic mass is 79.9. The molecule has 0 saturated carbocycles. The molecule has 1 aromatic heterocycles. The Morgan fingerprint density at radius 3 is 2.64 bits per heavy atom. The van der Waals surface area contributed by atoms with Gasteiger partial charge in [-0.25, -0.2) is 9.07 Å². The summed E-state index contributed by atoms with van der Waals surface area (Å²) in [5.41, 5.74) is 4.83. The summed E-state index contributed by atoms with van der Waals surface area (Å²) in [7, 11) is 0. The molecular formula is C25H18BrFN4OS. The molecule has 0 amide bonds. The van der Waals surface area contributed by atoms with Crippen LogP contribution in [-0.4, -0.2) is 21.0 Å². The van der Waals surface area contributed by atoms with E-state index < -0.39 is 0 Å². The first-order chi connectivity index (χ1) is 16.1. The fourth-order valence-corrected chi connectivity index (χ4v) is 5.22. The van der Waals surface area contributed by atoms with Gasteiger partial charge in [0, 0.05) is 15.6 Å². The molecule has 164 valence electrons.